The first-order valence-corrected chi connectivity index (χ1v) is 11.7. The number of aryl methyl sites for hydroxylation is 1. The molecule has 158 valence electrons. The molecule has 2 aromatic carbocycles. The Hall–Kier alpha value is -2.78. The highest BCUT2D eigenvalue weighted by atomic mass is 32.2. The summed E-state index contributed by atoms with van der Waals surface area (Å²) >= 11 is 1.35. The molecular formula is C21H24N4O3S2. The van der Waals surface area contributed by atoms with Gasteiger partial charge in [-0.15, -0.1) is 10.2 Å². The lowest BCUT2D eigenvalue weighted by molar-refractivity contribution is 0.102. The fourth-order valence-corrected chi connectivity index (χ4v) is 4.88. The van der Waals surface area contributed by atoms with Gasteiger partial charge in [0.05, 0.1) is 10.6 Å². The van der Waals surface area contributed by atoms with E-state index in [2.05, 4.69) is 29.4 Å². The zero-order chi connectivity index (χ0) is 21.9. The van der Waals surface area contributed by atoms with Crippen LogP contribution < -0.4 is 9.62 Å². The lowest BCUT2D eigenvalue weighted by Crippen LogP contribution is -2.26. The van der Waals surface area contributed by atoms with Gasteiger partial charge in [0, 0.05) is 19.0 Å². The van der Waals surface area contributed by atoms with E-state index in [1.54, 1.807) is 48.5 Å². The van der Waals surface area contributed by atoms with Gasteiger partial charge < -0.3 is 0 Å². The minimum absolute atomic E-state index is 0.214. The maximum atomic E-state index is 12.8. The molecule has 0 fully saturated rings. The van der Waals surface area contributed by atoms with Gasteiger partial charge in [-0.1, -0.05) is 42.9 Å². The fraction of sp³-hybridized carbons (Fsp3) is 0.286. The first kappa shape index (κ1) is 21.9. The largest absolute Gasteiger partial charge is 0.296 e. The van der Waals surface area contributed by atoms with Crippen LogP contribution in [-0.2, 0) is 16.4 Å². The maximum absolute atomic E-state index is 12.8. The summed E-state index contributed by atoms with van der Waals surface area (Å²) in [5.74, 6) is 0.139. The average Bonchev–Trinajstić information content (AvgIpc) is 3.13. The highest BCUT2D eigenvalue weighted by Gasteiger charge is 2.21. The molecule has 0 atom stereocenters. The van der Waals surface area contributed by atoms with E-state index in [0.29, 0.717) is 22.3 Å². The van der Waals surface area contributed by atoms with Gasteiger partial charge in [0.15, 0.2) is 0 Å². The molecule has 1 heterocycles. The van der Waals surface area contributed by atoms with Crippen LogP contribution in [0.4, 0.5) is 10.8 Å². The second kappa shape index (κ2) is 8.93. The van der Waals surface area contributed by atoms with Crippen molar-refractivity contribution in [1.82, 2.24) is 10.2 Å². The number of carbonyl (C=O) groups excluding carboxylic acids is 1. The quantitative estimate of drug-likeness (QED) is 0.592. The van der Waals surface area contributed by atoms with Crippen molar-refractivity contribution < 1.29 is 13.2 Å². The summed E-state index contributed by atoms with van der Waals surface area (Å²) in [5, 5.41) is 12.1. The van der Waals surface area contributed by atoms with Crippen LogP contribution in [0.2, 0.25) is 0 Å². The van der Waals surface area contributed by atoms with Crippen LogP contribution in [-0.4, -0.2) is 31.6 Å². The maximum Gasteiger partial charge on any atom is 0.264 e. The van der Waals surface area contributed by atoms with Gasteiger partial charge in [-0.05, 0) is 49.2 Å². The Morgan fingerprint density at radius 2 is 1.70 bits per heavy atom. The molecule has 1 amide bonds. The van der Waals surface area contributed by atoms with E-state index < -0.39 is 10.0 Å². The van der Waals surface area contributed by atoms with Crippen molar-refractivity contribution in [3.8, 4) is 0 Å². The van der Waals surface area contributed by atoms with Gasteiger partial charge in [-0.3, -0.25) is 14.4 Å². The van der Waals surface area contributed by atoms with Crippen LogP contribution in [0.1, 0.15) is 34.8 Å². The molecule has 0 aliphatic heterocycles. The van der Waals surface area contributed by atoms with Gasteiger partial charge in [0.1, 0.15) is 5.01 Å². The van der Waals surface area contributed by atoms with Crippen LogP contribution in [0.3, 0.4) is 0 Å². The summed E-state index contributed by atoms with van der Waals surface area (Å²) in [6.07, 6.45) is 0.810. The Bertz CT molecular complexity index is 1120. The van der Waals surface area contributed by atoms with E-state index in [1.165, 1.54) is 22.7 Å². The van der Waals surface area contributed by atoms with Crippen LogP contribution in [0.25, 0.3) is 0 Å². The molecule has 0 spiro atoms. The van der Waals surface area contributed by atoms with Crippen LogP contribution in [0.5, 0.6) is 0 Å². The van der Waals surface area contributed by atoms with Crippen molar-refractivity contribution in [3.05, 3.63) is 64.7 Å². The van der Waals surface area contributed by atoms with E-state index in [1.807, 2.05) is 6.92 Å². The molecule has 0 unspecified atom stereocenters. The van der Waals surface area contributed by atoms with E-state index >= 15 is 0 Å². The Morgan fingerprint density at radius 3 is 2.30 bits per heavy atom. The third-order valence-corrected chi connectivity index (χ3v) is 7.10. The molecule has 1 aromatic heterocycles. The Morgan fingerprint density at radius 1 is 1.07 bits per heavy atom. The number of carbonyl (C=O) groups is 1. The topological polar surface area (TPSA) is 92.3 Å². The molecule has 9 heteroatoms. The number of aromatic nitrogens is 2. The van der Waals surface area contributed by atoms with Crippen molar-refractivity contribution >= 4 is 38.1 Å². The predicted molar refractivity (Wildman–Crippen MR) is 120 cm³/mol. The number of amides is 1. The SMILES string of the molecule is Cc1ccc(S(=O)(=O)N(C)c2ccc(C(=O)Nc3nnc(CC(C)C)s3)cc2)cc1. The molecule has 0 saturated carbocycles. The lowest BCUT2D eigenvalue weighted by Gasteiger charge is -2.19. The third-order valence-electron chi connectivity index (χ3n) is 4.44. The lowest BCUT2D eigenvalue weighted by atomic mass is 10.1. The van der Waals surface area contributed by atoms with E-state index in [4.69, 9.17) is 0 Å². The smallest absolute Gasteiger partial charge is 0.264 e. The van der Waals surface area contributed by atoms with Gasteiger partial charge in [0.25, 0.3) is 15.9 Å². The first-order chi connectivity index (χ1) is 14.2. The van der Waals surface area contributed by atoms with E-state index in [9.17, 15) is 13.2 Å². The zero-order valence-electron chi connectivity index (χ0n) is 17.3. The monoisotopic (exact) mass is 444 g/mol. The van der Waals surface area contributed by atoms with Gasteiger partial charge in [-0.2, -0.15) is 0 Å². The number of nitrogens with one attached hydrogen (secondary N) is 1. The molecule has 0 aliphatic rings. The van der Waals surface area contributed by atoms with Crippen molar-refractivity contribution in [3.63, 3.8) is 0 Å². The van der Waals surface area contributed by atoms with Crippen molar-refractivity contribution in [2.24, 2.45) is 5.92 Å². The second-order valence-corrected chi connectivity index (χ2v) is 10.4. The summed E-state index contributed by atoms with van der Waals surface area (Å²) in [7, 11) is -2.19. The molecule has 1 N–H and O–H groups in total. The summed E-state index contributed by atoms with van der Waals surface area (Å²) in [5.41, 5.74) is 1.85. The number of hydrogen-bond acceptors (Lipinski definition) is 6. The average molecular weight is 445 g/mol. The van der Waals surface area contributed by atoms with E-state index in [-0.39, 0.29) is 10.8 Å². The van der Waals surface area contributed by atoms with Crippen LogP contribution >= 0.6 is 11.3 Å². The number of hydrogen-bond donors (Lipinski definition) is 1. The summed E-state index contributed by atoms with van der Waals surface area (Å²) in [4.78, 5) is 12.7. The molecule has 30 heavy (non-hydrogen) atoms. The van der Waals surface area contributed by atoms with Crippen LogP contribution in [0, 0.1) is 12.8 Å². The van der Waals surface area contributed by atoms with Crippen molar-refractivity contribution in [2.75, 3.05) is 16.7 Å². The minimum atomic E-state index is -3.68. The molecule has 3 aromatic rings. The standard InChI is InChI=1S/C21H24N4O3S2/c1-14(2)13-19-23-24-21(29-19)22-20(26)16-7-9-17(10-8-16)25(4)30(27,28)18-11-5-15(3)6-12-18/h5-12,14H,13H2,1-4H3,(H,22,24,26). The predicted octanol–water partition coefficient (Wildman–Crippen LogP) is 4.12. The molecule has 0 radical (unpaired) electrons. The summed E-state index contributed by atoms with van der Waals surface area (Å²) < 4.78 is 26.8. The first-order valence-electron chi connectivity index (χ1n) is 9.46. The number of benzene rings is 2. The highest BCUT2D eigenvalue weighted by molar-refractivity contribution is 7.92. The molecule has 0 bridgehead atoms. The Kier molecular flexibility index (Phi) is 6.52. The third kappa shape index (κ3) is 5.03. The number of sulfonamides is 1. The number of anilines is 2. The van der Waals surface area contributed by atoms with Gasteiger partial charge in [0.2, 0.25) is 5.13 Å². The molecule has 3 rings (SSSR count). The molecule has 0 aliphatic carbocycles. The second-order valence-electron chi connectivity index (χ2n) is 7.39. The minimum Gasteiger partial charge on any atom is -0.296 e. The normalized spacial score (nSPS) is 11.5. The van der Waals surface area contributed by atoms with Crippen molar-refractivity contribution in [1.29, 1.82) is 0 Å². The van der Waals surface area contributed by atoms with Crippen LogP contribution in [0.15, 0.2) is 53.4 Å². The number of rotatable bonds is 7. The van der Waals surface area contributed by atoms with Crippen molar-refractivity contribution in [2.45, 2.75) is 32.1 Å². The Balaban J connectivity index is 1.71. The summed E-state index contributed by atoms with van der Waals surface area (Å²) in [6.45, 7) is 6.09. The molecule has 7 nitrogen and oxygen atoms in total. The van der Waals surface area contributed by atoms with Gasteiger partial charge in [-0.25, -0.2) is 8.42 Å². The zero-order valence-corrected chi connectivity index (χ0v) is 18.9. The summed E-state index contributed by atoms with van der Waals surface area (Å²) in [6, 6.07) is 13.1. The fourth-order valence-electron chi connectivity index (χ4n) is 2.73. The highest BCUT2D eigenvalue weighted by Crippen LogP contribution is 2.24. The molecule has 0 saturated heterocycles. The number of nitrogens with zero attached hydrogens (tertiary/aromatic N) is 3. The Labute approximate surface area is 180 Å². The van der Waals surface area contributed by atoms with Gasteiger partial charge >= 0.3 is 0 Å². The molecular weight excluding hydrogens is 420 g/mol. The van der Waals surface area contributed by atoms with E-state index in [0.717, 1.165) is 17.0 Å².